The van der Waals surface area contributed by atoms with E-state index in [9.17, 15) is 4.79 Å². The van der Waals surface area contributed by atoms with Gasteiger partial charge in [0.05, 0.1) is 0 Å². The minimum Gasteiger partial charge on any atom is -0.356 e. The van der Waals surface area contributed by atoms with Crippen molar-refractivity contribution in [1.82, 2.24) is 5.32 Å². The van der Waals surface area contributed by atoms with Crippen molar-refractivity contribution in [2.24, 2.45) is 17.6 Å². The maximum Gasteiger partial charge on any atom is 0.223 e. The van der Waals surface area contributed by atoms with Gasteiger partial charge in [0.15, 0.2) is 0 Å². The summed E-state index contributed by atoms with van der Waals surface area (Å²) in [5, 5.41) is 2.91. The van der Waals surface area contributed by atoms with Crippen LogP contribution in [0, 0.1) is 11.8 Å². The van der Waals surface area contributed by atoms with Crippen LogP contribution in [0.5, 0.6) is 0 Å². The summed E-state index contributed by atoms with van der Waals surface area (Å²) >= 11 is 0. The van der Waals surface area contributed by atoms with Gasteiger partial charge in [0.1, 0.15) is 0 Å². The summed E-state index contributed by atoms with van der Waals surface area (Å²) in [6.07, 6.45) is 3.10. The van der Waals surface area contributed by atoms with E-state index in [4.69, 9.17) is 5.73 Å². The number of nitrogens with two attached hydrogens (primary N) is 1. The number of hydrogen-bond donors (Lipinski definition) is 2. The zero-order chi connectivity index (χ0) is 9.84. The highest BCUT2D eigenvalue weighted by atomic mass is 16.1. The molecular weight excluding hydrogens is 164 g/mol. The van der Waals surface area contributed by atoms with Crippen molar-refractivity contribution in [1.29, 1.82) is 0 Å². The molecule has 0 spiro atoms. The molecule has 3 atom stereocenters. The summed E-state index contributed by atoms with van der Waals surface area (Å²) in [5.74, 6) is 0.703. The molecule has 0 saturated carbocycles. The minimum absolute atomic E-state index is 0.124. The Labute approximate surface area is 80.1 Å². The molecule has 1 rings (SSSR count). The van der Waals surface area contributed by atoms with Crippen molar-refractivity contribution in [2.45, 2.75) is 39.2 Å². The Kier molecular flexibility index (Phi) is 3.72. The van der Waals surface area contributed by atoms with Crippen molar-refractivity contribution in [2.75, 3.05) is 6.54 Å². The highest BCUT2D eigenvalue weighted by molar-refractivity contribution is 5.79. The molecule has 1 aliphatic rings. The van der Waals surface area contributed by atoms with Crippen LogP contribution in [0.4, 0.5) is 0 Å². The molecule has 0 radical (unpaired) electrons. The minimum atomic E-state index is 0.124. The second kappa shape index (κ2) is 4.61. The van der Waals surface area contributed by atoms with Gasteiger partial charge >= 0.3 is 0 Å². The first-order valence-electron chi connectivity index (χ1n) is 5.20. The Hall–Kier alpha value is -0.570. The Bertz CT molecular complexity index is 180. The van der Waals surface area contributed by atoms with E-state index < -0.39 is 0 Å². The smallest absolute Gasteiger partial charge is 0.223 e. The Balaban J connectivity index is 2.60. The molecule has 3 unspecified atom stereocenters. The lowest BCUT2D eigenvalue weighted by atomic mass is 9.80. The zero-order valence-electron chi connectivity index (χ0n) is 8.55. The summed E-state index contributed by atoms with van der Waals surface area (Å²) in [7, 11) is 0. The fraction of sp³-hybridized carbons (Fsp3) is 0.900. The highest BCUT2D eigenvalue weighted by Gasteiger charge is 2.31. The van der Waals surface area contributed by atoms with E-state index in [-0.39, 0.29) is 17.9 Å². The van der Waals surface area contributed by atoms with Crippen LogP contribution in [0.2, 0.25) is 0 Å². The summed E-state index contributed by atoms with van der Waals surface area (Å²) in [6.45, 7) is 4.94. The molecule has 0 aromatic rings. The van der Waals surface area contributed by atoms with Crippen LogP contribution in [0.15, 0.2) is 0 Å². The lowest BCUT2D eigenvalue weighted by molar-refractivity contribution is -0.128. The topological polar surface area (TPSA) is 55.1 Å². The first kappa shape index (κ1) is 10.5. The summed E-state index contributed by atoms with van der Waals surface area (Å²) in [6, 6.07) is 0.124. The molecule has 1 aliphatic heterocycles. The SMILES string of the molecule is CCC(C(C)N)C1CCCNC1=O. The van der Waals surface area contributed by atoms with Gasteiger partial charge in [-0.15, -0.1) is 0 Å². The predicted octanol–water partition coefficient (Wildman–Crippen LogP) is 0.886. The lowest BCUT2D eigenvalue weighted by Crippen LogP contribution is -2.44. The van der Waals surface area contributed by atoms with Crippen molar-refractivity contribution in [3.05, 3.63) is 0 Å². The van der Waals surface area contributed by atoms with Gasteiger partial charge in [-0.1, -0.05) is 13.3 Å². The van der Waals surface area contributed by atoms with Crippen molar-refractivity contribution in [3.8, 4) is 0 Å². The van der Waals surface area contributed by atoms with Crippen LogP contribution in [-0.4, -0.2) is 18.5 Å². The van der Waals surface area contributed by atoms with Gasteiger partial charge in [0, 0.05) is 18.5 Å². The third kappa shape index (κ3) is 2.44. The molecule has 0 aromatic carbocycles. The number of piperidine rings is 1. The number of nitrogens with one attached hydrogen (secondary N) is 1. The number of amides is 1. The normalized spacial score (nSPS) is 27.9. The quantitative estimate of drug-likeness (QED) is 0.684. The van der Waals surface area contributed by atoms with E-state index in [2.05, 4.69) is 12.2 Å². The second-order valence-corrected chi connectivity index (χ2v) is 3.97. The largest absolute Gasteiger partial charge is 0.356 e. The maximum atomic E-state index is 11.5. The molecule has 1 saturated heterocycles. The van der Waals surface area contributed by atoms with Gasteiger partial charge in [-0.2, -0.15) is 0 Å². The molecule has 76 valence electrons. The highest BCUT2D eigenvalue weighted by Crippen LogP contribution is 2.25. The third-order valence-electron chi connectivity index (χ3n) is 2.99. The van der Waals surface area contributed by atoms with Crippen LogP contribution in [0.3, 0.4) is 0 Å². The molecule has 3 nitrogen and oxygen atoms in total. The van der Waals surface area contributed by atoms with Crippen molar-refractivity contribution >= 4 is 5.91 Å². The molecule has 3 heteroatoms. The average molecular weight is 184 g/mol. The maximum absolute atomic E-state index is 11.5. The fourth-order valence-corrected chi connectivity index (χ4v) is 2.23. The van der Waals surface area contributed by atoms with Crippen LogP contribution in [0.1, 0.15) is 33.1 Å². The Morgan fingerprint density at radius 1 is 1.69 bits per heavy atom. The van der Waals surface area contributed by atoms with E-state index in [1.165, 1.54) is 0 Å². The zero-order valence-corrected chi connectivity index (χ0v) is 8.55. The lowest BCUT2D eigenvalue weighted by Gasteiger charge is -2.31. The molecule has 0 aliphatic carbocycles. The van der Waals surface area contributed by atoms with Gasteiger partial charge in [-0.05, 0) is 25.7 Å². The van der Waals surface area contributed by atoms with Gasteiger partial charge in [0.2, 0.25) is 5.91 Å². The predicted molar refractivity (Wildman–Crippen MR) is 53.2 cm³/mol. The molecule has 1 heterocycles. The monoisotopic (exact) mass is 184 g/mol. The van der Waals surface area contributed by atoms with Crippen molar-refractivity contribution < 1.29 is 4.79 Å². The molecule has 1 fully saturated rings. The van der Waals surface area contributed by atoms with E-state index in [1.807, 2.05) is 6.92 Å². The number of carbonyl (C=O) groups excluding carboxylic acids is 1. The van der Waals surface area contributed by atoms with Crippen molar-refractivity contribution in [3.63, 3.8) is 0 Å². The summed E-state index contributed by atoms with van der Waals surface area (Å²) < 4.78 is 0. The average Bonchev–Trinajstić information content (AvgIpc) is 2.09. The molecular formula is C10H20N2O. The molecule has 0 bridgehead atoms. The third-order valence-corrected chi connectivity index (χ3v) is 2.99. The van der Waals surface area contributed by atoms with E-state index in [0.29, 0.717) is 5.92 Å². The first-order chi connectivity index (χ1) is 6.16. The Morgan fingerprint density at radius 2 is 2.38 bits per heavy atom. The van der Waals surface area contributed by atoms with Gasteiger partial charge in [-0.3, -0.25) is 4.79 Å². The van der Waals surface area contributed by atoms with E-state index in [0.717, 1.165) is 25.8 Å². The van der Waals surface area contributed by atoms with Crippen LogP contribution < -0.4 is 11.1 Å². The number of rotatable bonds is 3. The number of hydrogen-bond acceptors (Lipinski definition) is 2. The van der Waals surface area contributed by atoms with Crippen LogP contribution >= 0.6 is 0 Å². The van der Waals surface area contributed by atoms with Gasteiger partial charge in [-0.25, -0.2) is 0 Å². The molecule has 13 heavy (non-hydrogen) atoms. The molecule has 0 aromatic heterocycles. The van der Waals surface area contributed by atoms with E-state index >= 15 is 0 Å². The Morgan fingerprint density at radius 3 is 2.85 bits per heavy atom. The summed E-state index contributed by atoms with van der Waals surface area (Å²) in [4.78, 5) is 11.5. The molecule has 3 N–H and O–H groups in total. The fourth-order valence-electron chi connectivity index (χ4n) is 2.23. The first-order valence-corrected chi connectivity index (χ1v) is 5.20. The van der Waals surface area contributed by atoms with Crippen LogP contribution in [-0.2, 0) is 4.79 Å². The number of carbonyl (C=O) groups is 1. The second-order valence-electron chi connectivity index (χ2n) is 3.97. The van der Waals surface area contributed by atoms with Gasteiger partial charge in [0.25, 0.3) is 0 Å². The van der Waals surface area contributed by atoms with Gasteiger partial charge < -0.3 is 11.1 Å². The summed E-state index contributed by atoms with van der Waals surface area (Å²) in [5.41, 5.74) is 5.86. The standard InChI is InChI=1S/C10H20N2O/c1-3-8(7(2)11)9-5-4-6-12-10(9)13/h7-9H,3-6,11H2,1-2H3,(H,12,13). The van der Waals surface area contributed by atoms with Crippen LogP contribution in [0.25, 0.3) is 0 Å². The van der Waals surface area contributed by atoms with E-state index in [1.54, 1.807) is 0 Å². The molecule has 1 amide bonds.